The lowest BCUT2D eigenvalue weighted by molar-refractivity contribution is -0.253. The molecule has 2 saturated heterocycles. The molecule has 2 bridgehead atoms. The van der Waals surface area contributed by atoms with Gasteiger partial charge in [-0.3, -0.25) is 4.99 Å². The van der Waals surface area contributed by atoms with Crippen LogP contribution in [0.3, 0.4) is 0 Å². The number of aliphatic imine (C=N–C) groups is 1. The highest BCUT2D eigenvalue weighted by atomic mass is 16.5. The van der Waals surface area contributed by atoms with Gasteiger partial charge in [0.2, 0.25) is 0 Å². The number of nitrogens with two attached hydrogens (primary N) is 1. The predicted molar refractivity (Wildman–Crippen MR) is 88.1 cm³/mol. The highest BCUT2D eigenvalue weighted by molar-refractivity contribution is 5.37. The Balaban J connectivity index is 1.64. The summed E-state index contributed by atoms with van der Waals surface area (Å²) in [5.41, 5.74) is 6.69. The zero-order chi connectivity index (χ0) is 15.1. The number of rotatable bonds is 1. The molecule has 6 atom stereocenters. The molecule has 3 saturated carbocycles. The van der Waals surface area contributed by atoms with E-state index in [4.69, 9.17) is 15.5 Å². The van der Waals surface area contributed by atoms with Crippen molar-refractivity contribution in [3.8, 4) is 0 Å². The van der Waals surface area contributed by atoms with E-state index in [1.54, 1.807) is 0 Å². The molecular formula is C19H30N2O. The summed E-state index contributed by atoms with van der Waals surface area (Å²) in [6.45, 7) is 4.06. The monoisotopic (exact) mass is 302 g/mol. The molecular weight excluding hydrogens is 272 g/mol. The van der Waals surface area contributed by atoms with Crippen LogP contribution in [-0.4, -0.2) is 29.0 Å². The summed E-state index contributed by atoms with van der Waals surface area (Å²) >= 11 is 0. The van der Waals surface area contributed by atoms with Crippen LogP contribution < -0.4 is 5.73 Å². The van der Waals surface area contributed by atoms with Crippen LogP contribution in [0, 0.1) is 11.8 Å². The Morgan fingerprint density at radius 3 is 2.68 bits per heavy atom. The maximum absolute atomic E-state index is 7.14. The van der Waals surface area contributed by atoms with E-state index in [0.29, 0.717) is 5.92 Å². The summed E-state index contributed by atoms with van der Waals surface area (Å²) < 4.78 is 7.14. The fraction of sp³-hybridized carbons (Fsp3) is 0.947. The summed E-state index contributed by atoms with van der Waals surface area (Å²) in [5.74, 6) is 1.47. The minimum atomic E-state index is -0.200. The van der Waals surface area contributed by atoms with Gasteiger partial charge >= 0.3 is 0 Å². The molecule has 5 fully saturated rings. The van der Waals surface area contributed by atoms with E-state index in [1.807, 2.05) is 0 Å². The third-order valence-electron chi connectivity index (χ3n) is 8.57. The Labute approximate surface area is 134 Å². The molecule has 3 nitrogen and oxygen atoms in total. The van der Waals surface area contributed by atoms with Crippen LogP contribution in [0.1, 0.15) is 77.0 Å². The lowest BCUT2D eigenvalue weighted by Gasteiger charge is -2.63. The molecule has 2 spiro atoms. The standard InChI is InChI=1S/C19H30N2O/c1-21-19-9-4-8-17(19,20)10-6-15-13-14-5-2-3-7-16(14)11-12-18(15,19)22-16/h14-15H,1-13,20H2. The Morgan fingerprint density at radius 1 is 0.909 bits per heavy atom. The number of fused-ring (bicyclic) bond motifs is 1. The van der Waals surface area contributed by atoms with Crippen molar-refractivity contribution in [3.63, 3.8) is 0 Å². The first-order valence-electron chi connectivity index (χ1n) is 9.57. The second kappa shape index (κ2) is 4.16. The van der Waals surface area contributed by atoms with E-state index in [9.17, 15) is 0 Å². The largest absolute Gasteiger partial charge is 0.365 e. The average molecular weight is 302 g/mol. The maximum atomic E-state index is 7.14. The number of hydrogen-bond acceptors (Lipinski definition) is 3. The first kappa shape index (κ1) is 14.0. The van der Waals surface area contributed by atoms with E-state index < -0.39 is 0 Å². The predicted octanol–water partition coefficient (Wildman–Crippen LogP) is 3.60. The lowest BCUT2D eigenvalue weighted by Crippen LogP contribution is -2.74. The van der Waals surface area contributed by atoms with Gasteiger partial charge in [0.25, 0.3) is 0 Å². The van der Waals surface area contributed by atoms with Gasteiger partial charge in [-0.05, 0) is 82.8 Å². The Bertz CT molecular complexity index is 522. The highest BCUT2D eigenvalue weighted by Gasteiger charge is 2.75. The van der Waals surface area contributed by atoms with Crippen molar-refractivity contribution in [3.05, 3.63) is 0 Å². The van der Waals surface area contributed by atoms with E-state index in [2.05, 4.69) is 6.72 Å². The molecule has 5 aliphatic rings. The fourth-order valence-electron chi connectivity index (χ4n) is 7.62. The third kappa shape index (κ3) is 1.32. The molecule has 0 amide bonds. The summed E-state index contributed by atoms with van der Waals surface area (Å²) in [7, 11) is 0. The molecule has 3 heteroatoms. The van der Waals surface area contributed by atoms with Gasteiger partial charge in [-0.1, -0.05) is 12.8 Å². The molecule has 0 aromatic rings. The quantitative estimate of drug-likeness (QED) is 0.752. The van der Waals surface area contributed by atoms with Crippen molar-refractivity contribution in [2.24, 2.45) is 22.6 Å². The lowest BCUT2D eigenvalue weighted by atomic mass is 9.54. The minimum absolute atomic E-state index is 0.0773. The second-order valence-electron chi connectivity index (χ2n) is 9.00. The molecule has 0 aromatic heterocycles. The molecule has 0 radical (unpaired) electrons. The third-order valence-corrected chi connectivity index (χ3v) is 8.57. The van der Waals surface area contributed by atoms with Gasteiger partial charge in [-0.2, -0.15) is 0 Å². The first-order valence-corrected chi connectivity index (χ1v) is 9.57. The fourth-order valence-corrected chi connectivity index (χ4v) is 7.62. The van der Waals surface area contributed by atoms with E-state index in [-0.39, 0.29) is 22.3 Å². The molecule has 0 aromatic carbocycles. The SMILES string of the molecule is C=NC12CCCC1(N)CCC1CC3CCCCC34CCC12O4. The van der Waals surface area contributed by atoms with Crippen LogP contribution in [0.15, 0.2) is 4.99 Å². The number of nitrogens with zero attached hydrogens (tertiary/aromatic N) is 1. The van der Waals surface area contributed by atoms with Gasteiger partial charge < -0.3 is 10.5 Å². The zero-order valence-electron chi connectivity index (χ0n) is 13.8. The summed E-state index contributed by atoms with van der Waals surface area (Å²) in [4.78, 5) is 4.80. The van der Waals surface area contributed by atoms with Gasteiger partial charge in [0.1, 0.15) is 5.54 Å². The van der Waals surface area contributed by atoms with Crippen LogP contribution in [0.25, 0.3) is 0 Å². The van der Waals surface area contributed by atoms with Crippen molar-refractivity contribution in [1.29, 1.82) is 0 Å². The molecule has 3 aliphatic carbocycles. The Kier molecular flexibility index (Phi) is 2.64. The molecule has 2 N–H and O–H groups in total. The maximum Gasteiger partial charge on any atom is 0.107 e. The zero-order valence-corrected chi connectivity index (χ0v) is 13.8. The van der Waals surface area contributed by atoms with Crippen LogP contribution in [0.5, 0.6) is 0 Å². The van der Waals surface area contributed by atoms with Gasteiger partial charge in [-0.25, -0.2) is 0 Å². The van der Waals surface area contributed by atoms with Crippen LogP contribution >= 0.6 is 0 Å². The summed E-state index contributed by atoms with van der Waals surface area (Å²) in [6, 6.07) is 0. The molecule has 122 valence electrons. The second-order valence-corrected chi connectivity index (χ2v) is 9.00. The topological polar surface area (TPSA) is 47.6 Å². The van der Waals surface area contributed by atoms with Crippen LogP contribution in [0.2, 0.25) is 0 Å². The minimum Gasteiger partial charge on any atom is -0.365 e. The van der Waals surface area contributed by atoms with Crippen LogP contribution in [-0.2, 0) is 4.74 Å². The van der Waals surface area contributed by atoms with Crippen molar-refractivity contribution in [1.82, 2.24) is 0 Å². The molecule has 22 heavy (non-hydrogen) atoms. The van der Waals surface area contributed by atoms with Crippen molar-refractivity contribution in [2.45, 2.75) is 99.3 Å². The van der Waals surface area contributed by atoms with Crippen molar-refractivity contribution < 1.29 is 4.74 Å². The van der Waals surface area contributed by atoms with Crippen molar-refractivity contribution >= 4 is 6.72 Å². The van der Waals surface area contributed by atoms with Gasteiger partial charge in [0, 0.05) is 5.54 Å². The molecule has 2 heterocycles. The van der Waals surface area contributed by atoms with E-state index in [1.165, 1.54) is 57.8 Å². The van der Waals surface area contributed by atoms with E-state index >= 15 is 0 Å². The normalized spacial score (nSPS) is 59.5. The van der Waals surface area contributed by atoms with Gasteiger partial charge in [-0.15, -0.1) is 0 Å². The smallest absolute Gasteiger partial charge is 0.107 e. The van der Waals surface area contributed by atoms with Gasteiger partial charge in [0.15, 0.2) is 0 Å². The molecule has 6 unspecified atom stereocenters. The number of hydrogen-bond donors (Lipinski definition) is 1. The van der Waals surface area contributed by atoms with E-state index in [0.717, 1.165) is 25.2 Å². The number of ether oxygens (including phenoxy) is 1. The first-order chi connectivity index (χ1) is 10.6. The highest BCUT2D eigenvalue weighted by Crippen LogP contribution is 2.69. The van der Waals surface area contributed by atoms with Crippen molar-refractivity contribution in [2.75, 3.05) is 0 Å². The van der Waals surface area contributed by atoms with Crippen LogP contribution in [0.4, 0.5) is 0 Å². The summed E-state index contributed by atoms with van der Waals surface area (Å²) in [6.07, 6.45) is 15.0. The average Bonchev–Trinajstić information content (AvgIpc) is 3.04. The summed E-state index contributed by atoms with van der Waals surface area (Å²) in [5, 5.41) is 0. The Morgan fingerprint density at radius 2 is 1.82 bits per heavy atom. The molecule has 5 rings (SSSR count). The Hall–Kier alpha value is -0.410. The molecule has 2 aliphatic heterocycles. The van der Waals surface area contributed by atoms with Gasteiger partial charge in [0.05, 0.1) is 11.2 Å².